The molecule has 0 radical (unpaired) electrons. The molecule has 1 N–H and O–H groups in total. The van der Waals surface area contributed by atoms with Crippen molar-refractivity contribution in [2.75, 3.05) is 13.1 Å². The smallest absolute Gasteiger partial charge is 0.0951 e. The van der Waals surface area contributed by atoms with Gasteiger partial charge in [0, 0.05) is 24.0 Å². The molecule has 18 heavy (non-hydrogen) atoms. The van der Waals surface area contributed by atoms with Gasteiger partial charge in [0.05, 0.1) is 18.6 Å². The normalized spacial score (nSPS) is 16.9. The van der Waals surface area contributed by atoms with Crippen molar-refractivity contribution in [3.8, 4) is 0 Å². The third kappa shape index (κ3) is 2.43. The summed E-state index contributed by atoms with van der Waals surface area (Å²) in [7, 11) is 0. The zero-order valence-electron chi connectivity index (χ0n) is 10.4. The van der Waals surface area contributed by atoms with Crippen molar-refractivity contribution in [2.24, 2.45) is 0 Å². The highest BCUT2D eigenvalue weighted by atomic mass is 15.1. The van der Waals surface area contributed by atoms with Crippen LogP contribution in [-0.4, -0.2) is 27.6 Å². The van der Waals surface area contributed by atoms with E-state index in [0.29, 0.717) is 5.92 Å². The van der Waals surface area contributed by atoms with Crippen molar-refractivity contribution in [3.63, 3.8) is 0 Å². The molecule has 0 aromatic carbocycles. The van der Waals surface area contributed by atoms with Crippen molar-refractivity contribution < 1.29 is 0 Å². The molecular formula is C14H18N4. The second-order valence-electron chi connectivity index (χ2n) is 4.79. The van der Waals surface area contributed by atoms with Crippen molar-refractivity contribution in [2.45, 2.75) is 25.3 Å². The Labute approximate surface area is 107 Å². The molecule has 3 heterocycles. The lowest BCUT2D eigenvalue weighted by molar-refractivity contribution is 0.442. The summed E-state index contributed by atoms with van der Waals surface area (Å²) in [5, 5.41) is 3.40. The molecule has 0 bridgehead atoms. The van der Waals surface area contributed by atoms with E-state index in [1.165, 1.54) is 18.5 Å². The van der Waals surface area contributed by atoms with Gasteiger partial charge in [0.15, 0.2) is 0 Å². The molecule has 0 aliphatic carbocycles. The van der Waals surface area contributed by atoms with E-state index in [4.69, 9.17) is 0 Å². The highest BCUT2D eigenvalue weighted by Crippen LogP contribution is 2.25. The Morgan fingerprint density at radius 1 is 1.28 bits per heavy atom. The first-order valence-electron chi connectivity index (χ1n) is 6.54. The van der Waals surface area contributed by atoms with Gasteiger partial charge in [-0.3, -0.25) is 4.98 Å². The van der Waals surface area contributed by atoms with Crippen LogP contribution in [0.1, 0.15) is 30.1 Å². The van der Waals surface area contributed by atoms with Gasteiger partial charge in [-0.15, -0.1) is 0 Å². The first-order valence-corrected chi connectivity index (χ1v) is 6.54. The van der Waals surface area contributed by atoms with Crippen molar-refractivity contribution in [1.82, 2.24) is 19.9 Å². The Balaban J connectivity index is 1.78. The lowest BCUT2D eigenvalue weighted by Gasteiger charge is -2.23. The van der Waals surface area contributed by atoms with Gasteiger partial charge < -0.3 is 9.88 Å². The fourth-order valence-electron chi connectivity index (χ4n) is 2.59. The molecule has 94 valence electrons. The van der Waals surface area contributed by atoms with Crippen LogP contribution in [0, 0.1) is 0 Å². The molecule has 0 atom stereocenters. The van der Waals surface area contributed by atoms with Gasteiger partial charge in [-0.05, 0) is 38.1 Å². The number of hydrogen-bond donors (Lipinski definition) is 1. The number of hydrogen-bond acceptors (Lipinski definition) is 3. The quantitative estimate of drug-likeness (QED) is 0.892. The maximum Gasteiger partial charge on any atom is 0.0951 e. The Morgan fingerprint density at radius 2 is 2.17 bits per heavy atom. The number of aromatic nitrogens is 3. The molecule has 4 heteroatoms. The Kier molecular flexibility index (Phi) is 3.37. The number of pyridine rings is 1. The molecule has 1 aliphatic rings. The van der Waals surface area contributed by atoms with Gasteiger partial charge in [0.25, 0.3) is 0 Å². The summed E-state index contributed by atoms with van der Waals surface area (Å²) < 4.78 is 2.23. The molecule has 0 spiro atoms. The van der Waals surface area contributed by atoms with Crippen LogP contribution >= 0.6 is 0 Å². The van der Waals surface area contributed by atoms with E-state index in [1.54, 1.807) is 0 Å². The number of imidazole rings is 1. The molecular weight excluding hydrogens is 224 g/mol. The molecule has 3 rings (SSSR count). The predicted molar refractivity (Wildman–Crippen MR) is 70.4 cm³/mol. The van der Waals surface area contributed by atoms with Gasteiger partial charge in [-0.25, -0.2) is 4.98 Å². The summed E-state index contributed by atoms with van der Waals surface area (Å²) in [6.07, 6.45) is 8.18. The molecule has 0 unspecified atom stereocenters. The number of nitrogens with zero attached hydrogens (tertiary/aromatic N) is 3. The predicted octanol–water partition coefficient (Wildman–Crippen LogP) is 1.79. The summed E-state index contributed by atoms with van der Waals surface area (Å²) in [4.78, 5) is 8.69. The van der Waals surface area contributed by atoms with E-state index in [1.807, 2.05) is 30.9 Å². The topological polar surface area (TPSA) is 42.7 Å². The van der Waals surface area contributed by atoms with Gasteiger partial charge in [0.1, 0.15) is 0 Å². The first-order chi connectivity index (χ1) is 8.93. The van der Waals surface area contributed by atoms with E-state index in [0.717, 1.165) is 25.3 Å². The van der Waals surface area contributed by atoms with Gasteiger partial charge in [0.2, 0.25) is 0 Å². The summed E-state index contributed by atoms with van der Waals surface area (Å²) in [6.45, 7) is 3.04. The lowest BCUT2D eigenvalue weighted by Crippen LogP contribution is -2.27. The fraction of sp³-hybridized carbons (Fsp3) is 0.429. The van der Waals surface area contributed by atoms with Crippen LogP contribution in [0.25, 0.3) is 0 Å². The van der Waals surface area contributed by atoms with E-state index in [2.05, 4.69) is 25.9 Å². The maximum atomic E-state index is 4.38. The fourth-order valence-corrected chi connectivity index (χ4v) is 2.59. The van der Waals surface area contributed by atoms with Crippen LogP contribution in [0.3, 0.4) is 0 Å². The zero-order chi connectivity index (χ0) is 12.2. The van der Waals surface area contributed by atoms with E-state index >= 15 is 0 Å². The SMILES string of the molecule is c1ccc(Cn2cncc2C2CCNCC2)nc1. The second-order valence-corrected chi connectivity index (χ2v) is 4.79. The summed E-state index contributed by atoms with van der Waals surface area (Å²) in [5.41, 5.74) is 2.44. The average Bonchev–Trinajstić information content (AvgIpc) is 2.89. The molecule has 1 aliphatic heterocycles. The number of rotatable bonds is 3. The van der Waals surface area contributed by atoms with Crippen molar-refractivity contribution >= 4 is 0 Å². The third-order valence-electron chi connectivity index (χ3n) is 3.56. The second kappa shape index (κ2) is 5.31. The van der Waals surface area contributed by atoms with Gasteiger partial charge in [-0.1, -0.05) is 6.07 Å². The largest absolute Gasteiger partial charge is 0.328 e. The van der Waals surface area contributed by atoms with Gasteiger partial charge in [-0.2, -0.15) is 0 Å². The summed E-state index contributed by atoms with van der Waals surface area (Å²) in [5.74, 6) is 0.637. The minimum Gasteiger partial charge on any atom is -0.328 e. The minimum absolute atomic E-state index is 0.637. The highest BCUT2D eigenvalue weighted by Gasteiger charge is 2.18. The number of piperidine rings is 1. The first kappa shape index (κ1) is 11.4. The third-order valence-corrected chi connectivity index (χ3v) is 3.56. The highest BCUT2D eigenvalue weighted by molar-refractivity contribution is 5.11. The van der Waals surface area contributed by atoms with Crippen molar-refractivity contribution in [3.05, 3.63) is 48.3 Å². The van der Waals surface area contributed by atoms with E-state index in [-0.39, 0.29) is 0 Å². The van der Waals surface area contributed by atoms with Crippen LogP contribution in [0.4, 0.5) is 0 Å². The Bertz CT molecular complexity index is 486. The zero-order valence-corrected chi connectivity index (χ0v) is 10.4. The summed E-state index contributed by atoms with van der Waals surface area (Å²) in [6, 6.07) is 6.04. The van der Waals surface area contributed by atoms with Gasteiger partial charge >= 0.3 is 0 Å². The van der Waals surface area contributed by atoms with E-state index < -0.39 is 0 Å². The standard InChI is InChI=1S/C14H18N4/c1-2-6-17-13(3-1)10-18-11-16-9-14(18)12-4-7-15-8-5-12/h1-3,6,9,11-12,15H,4-5,7-8,10H2. The van der Waals surface area contributed by atoms with E-state index in [9.17, 15) is 0 Å². The van der Waals surface area contributed by atoms with Crippen molar-refractivity contribution in [1.29, 1.82) is 0 Å². The molecule has 1 fully saturated rings. The Morgan fingerprint density at radius 3 is 2.94 bits per heavy atom. The maximum absolute atomic E-state index is 4.38. The summed E-state index contributed by atoms with van der Waals surface area (Å²) >= 11 is 0. The van der Waals surface area contributed by atoms with Crippen LogP contribution in [-0.2, 0) is 6.54 Å². The number of nitrogens with one attached hydrogen (secondary N) is 1. The molecule has 0 amide bonds. The van der Waals surface area contributed by atoms with Crippen LogP contribution in [0.2, 0.25) is 0 Å². The average molecular weight is 242 g/mol. The lowest BCUT2D eigenvalue weighted by atomic mass is 9.95. The molecule has 2 aromatic rings. The van der Waals surface area contributed by atoms with Crippen LogP contribution in [0.5, 0.6) is 0 Å². The minimum atomic E-state index is 0.637. The molecule has 4 nitrogen and oxygen atoms in total. The molecule has 1 saturated heterocycles. The monoisotopic (exact) mass is 242 g/mol. The van der Waals surface area contributed by atoms with Crippen LogP contribution in [0.15, 0.2) is 36.9 Å². The molecule has 0 saturated carbocycles. The Hall–Kier alpha value is -1.68. The molecule has 2 aromatic heterocycles. The van der Waals surface area contributed by atoms with Crippen LogP contribution < -0.4 is 5.32 Å².